The molecule has 0 aliphatic heterocycles. The summed E-state index contributed by atoms with van der Waals surface area (Å²) in [6, 6.07) is 10.5. The second kappa shape index (κ2) is 4.48. The van der Waals surface area contributed by atoms with E-state index in [1.807, 2.05) is 0 Å². The summed E-state index contributed by atoms with van der Waals surface area (Å²) >= 11 is 0. The zero-order chi connectivity index (χ0) is 8.10. The molecule has 0 saturated heterocycles. The predicted octanol–water partition coefficient (Wildman–Crippen LogP) is 2.61. The zero-order valence-corrected chi connectivity index (χ0v) is 7.88. The van der Waals surface area contributed by atoms with Crippen LogP contribution in [-0.4, -0.2) is 18.8 Å². The SMILES string of the molecule is CN(C)[P]Cc1ccccc1. The van der Waals surface area contributed by atoms with Crippen molar-refractivity contribution >= 4 is 8.73 Å². The molecule has 0 aliphatic rings. The third-order valence-electron chi connectivity index (χ3n) is 1.38. The summed E-state index contributed by atoms with van der Waals surface area (Å²) in [5.74, 6) is 0. The number of rotatable bonds is 3. The Bertz CT molecular complexity index is 196. The van der Waals surface area contributed by atoms with Crippen LogP contribution in [0.1, 0.15) is 5.56 Å². The average Bonchev–Trinajstić information content (AvgIpc) is 2.03. The first kappa shape index (κ1) is 8.70. The van der Waals surface area contributed by atoms with Gasteiger partial charge in [-0.3, -0.25) is 4.67 Å². The number of nitrogens with zero attached hydrogens (tertiary/aromatic N) is 1. The largest absolute Gasteiger partial charge is 0.283 e. The van der Waals surface area contributed by atoms with E-state index in [-0.39, 0.29) is 0 Å². The van der Waals surface area contributed by atoms with Crippen LogP contribution in [0.4, 0.5) is 0 Å². The van der Waals surface area contributed by atoms with Crippen LogP contribution >= 0.6 is 8.73 Å². The second-order valence-electron chi connectivity index (χ2n) is 2.63. The lowest BCUT2D eigenvalue weighted by molar-refractivity contribution is 0.689. The van der Waals surface area contributed by atoms with Crippen molar-refractivity contribution in [1.29, 1.82) is 0 Å². The van der Waals surface area contributed by atoms with Gasteiger partial charge < -0.3 is 0 Å². The van der Waals surface area contributed by atoms with E-state index in [2.05, 4.69) is 49.1 Å². The molecular formula is C9H13NP. The summed E-state index contributed by atoms with van der Waals surface area (Å²) in [6.07, 6.45) is 1.12. The molecule has 1 nitrogen and oxygen atoms in total. The Kier molecular flexibility index (Phi) is 3.55. The monoisotopic (exact) mass is 166 g/mol. The number of hydrogen-bond acceptors (Lipinski definition) is 1. The van der Waals surface area contributed by atoms with Gasteiger partial charge in [-0.2, -0.15) is 0 Å². The number of hydrogen-bond donors (Lipinski definition) is 0. The van der Waals surface area contributed by atoms with Crippen molar-refractivity contribution in [3.8, 4) is 0 Å². The van der Waals surface area contributed by atoms with Gasteiger partial charge in [0.2, 0.25) is 0 Å². The molecule has 0 N–H and O–H groups in total. The van der Waals surface area contributed by atoms with Crippen LogP contribution in [0.25, 0.3) is 0 Å². The smallest absolute Gasteiger partial charge is 0.0111 e. The molecule has 0 heterocycles. The highest BCUT2D eigenvalue weighted by molar-refractivity contribution is 7.34. The Morgan fingerprint density at radius 1 is 1.18 bits per heavy atom. The third-order valence-corrected chi connectivity index (χ3v) is 2.45. The van der Waals surface area contributed by atoms with Crippen LogP contribution in [-0.2, 0) is 6.16 Å². The van der Waals surface area contributed by atoms with Crippen molar-refractivity contribution in [2.45, 2.75) is 6.16 Å². The van der Waals surface area contributed by atoms with Crippen molar-refractivity contribution in [3.63, 3.8) is 0 Å². The van der Waals surface area contributed by atoms with Crippen LogP contribution in [0.3, 0.4) is 0 Å². The fraction of sp³-hybridized carbons (Fsp3) is 0.333. The van der Waals surface area contributed by atoms with Gasteiger partial charge in [0, 0.05) is 14.9 Å². The number of benzene rings is 1. The molecule has 59 valence electrons. The van der Waals surface area contributed by atoms with Gasteiger partial charge in [-0.05, 0) is 19.7 Å². The van der Waals surface area contributed by atoms with Crippen molar-refractivity contribution in [1.82, 2.24) is 4.67 Å². The lowest BCUT2D eigenvalue weighted by Crippen LogP contribution is -1.96. The van der Waals surface area contributed by atoms with E-state index in [9.17, 15) is 0 Å². The Labute approximate surface area is 70.3 Å². The minimum Gasteiger partial charge on any atom is -0.283 e. The molecule has 0 fully saturated rings. The maximum Gasteiger partial charge on any atom is 0.0111 e. The zero-order valence-electron chi connectivity index (χ0n) is 6.99. The molecule has 0 spiro atoms. The molecule has 1 radical (unpaired) electrons. The molecule has 0 aromatic heterocycles. The van der Waals surface area contributed by atoms with Gasteiger partial charge >= 0.3 is 0 Å². The van der Waals surface area contributed by atoms with Crippen LogP contribution in [0.15, 0.2) is 30.3 Å². The van der Waals surface area contributed by atoms with Crippen molar-refractivity contribution in [2.24, 2.45) is 0 Å². The standard InChI is InChI=1S/C9H13NP/c1-10(2)11-8-9-6-4-3-5-7-9/h3-7H,8H2,1-2H3. The maximum atomic E-state index is 2.17. The van der Waals surface area contributed by atoms with Crippen molar-refractivity contribution in [2.75, 3.05) is 14.1 Å². The van der Waals surface area contributed by atoms with Crippen molar-refractivity contribution < 1.29 is 0 Å². The Morgan fingerprint density at radius 3 is 2.36 bits per heavy atom. The molecular weight excluding hydrogens is 153 g/mol. The van der Waals surface area contributed by atoms with Gasteiger partial charge in [0.25, 0.3) is 0 Å². The molecule has 1 rings (SSSR count). The molecule has 0 amide bonds. The highest BCUT2D eigenvalue weighted by atomic mass is 31.1. The van der Waals surface area contributed by atoms with E-state index in [0.717, 1.165) is 6.16 Å². The first-order valence-electron chi connectivity index (χ1n) is 3.67. The Balaban J connectivity index is 2.39. The van der Waals surface area contributed by atoms with Crippen molar-refractivity contribution in [3.05, 3.63) is 35.9 Å². The Hall–Kier alpha value is -0.390. The fourth-order valence-electron chi connectivity index (χ4n) is 0.806. The highest BCUT2D eigenvalue weighted by Gasteiger charge is 1.92. The summed E-state index contributed by atoms with van der Waals surface area (Å²) in [6.45, 7) is 0. The summed E-state index contributed by atoms with van der Waals surface area (Å²) in [5.41, 5.74) is 1.41. The van der Waals surface area contributed by atoms with Crippen LogP contribution < -0.4 is 0 Å². The quantitative estimate of drug-likeness (QED) is 0.624. The Morgan fingerprint density at radius 2 is 1.82 bits per heavy atom. The first-order chi connectivity index (χ1) is 5.29. The van der Waals surface area contributed by atoms with Gasteiger partial charge in [-0.15, -0.1) is 0 Å². The van der Waals surface area contributed by atoms with Gasteiger partial charge in [0.05, 0.1) is 0 Å². The van der Waals surface area contributed by atoms with Crippen LogP contribution in [0.5, 0.6) is 0 Å². The van der Waals surface area contributed by atoms with Crippen LogP contribution in [0.2, 0.25) is 0 Å². The van der Waals surface area contributed by atoms with E-state index in [1.54, 1.807) is 0 Å². The fourth-order valence-corrected chi connectivity index (χ4v) is 1.46. The molecule has 0 unspecified atom stereocenters. The molecule has 2 heteroatoms. The molecule has 11 heavy (non-hydrogen) atoms. The molecule has 1 aromatic carbocycles. The third kappa shape index (κ3) is 3.50. The molecule has 0 aliphatic carbocycles. The van der Waals surface area contributed by atoms with Gasteiger partial charge in [0.1, 0.15) is 0 Å². The second-order valence-corrected chi connectivity index (χ2v) is 4.03. The highest BCUT2D eigenvalue weighted by Crippen LogP contribution is 2.19. The van der Waals surface area contributed by atoms with Gasteiger partial charge in [-0.25, -0.2) is 0 Å². The summed E-state index contributed by atoms with van der Waals surface area (Å²) in [5, 5.41) is 0. The predicted molar refractivity (Wildman–Crippen MR) is 50.8 cm³/mol. The van der Waals surface area contributed by atoms with Gasteiger partial charge in [-0.1, -0.05) is 30.3 Å². The summed E-state index contributed by atoms with van der Waals surface area (Å²) in [4.78, 5) is 0. The molecule has 0 bridgehead atoms. The van der Waals surface area contributed by atoms with Gasteiger partial charge in [0.15, 0.2) is 0 Å². The molecule has 0 saturated carbocycles. The maximum absolute atomic E-state index is 2.17. The van der Waals surface area contributed by atoms with E-state index in [4.69, 9.17) is 0 Å². The summed E-state index contributed by atoms with van der Waals surface area (Å²) < 4.78 is 2.17. The average molecular weight is 166 g/mol. The minimum atomic E-state index is 1.12. The topological polar surface area (TPSA) is 3.24 Å². The lowest BCUT2D eigenvalue weighted by atomic mass is 10.2. The van der Waals surface area contributed by atoms with E-state index < -0.39 is 0 Å². The summed E-state index contributed by atoms with van der Waals surface area (Å²) in [7, 11) is 5.53. The van der Waals surface area contributed by atoms with E-state index in [0.29, 0.717) is 0 Å². The minimum absolute atomic E-state index is 1.12. The first-order valence-corrected chi connectivity index (χ1v) is 4.71. The molecule has 0 atom stereocenters. The van der Waals surface area contributed by atoms with E-state index >= 15 is 0 Å². The lowest BCUT2D eigenvalue weighted by Gasteiger charge is -2.06. The van der Waals surface area contributed by atoms with E-state index in [1.165, 1.54) is 14.3 Å². The van der Waals surface area contributed by atoms with Crippen LogP contribution in [0, 0.1) is 0 Å². The molecule has 1 aromatic rings. The normalized spacial score (nSPS) is 11.5.